The first-order chi connectivity index (χ1) is 8.66. The van der Waals surface area contributed by atoms with Gasteiger partial charge in [-0.1, -0.05) is 34.1 Å². The fourth-order valence-electron chi connectivity index (χ4n) is 2.60. The van der Waals surface area contributed by atoms with Gasteiger partial charge in [-0.05, 0) is 24.6 Å². The van der Waals surface area contributed by atoms with Gasteiger partial charge in [0.25, 0.3) is 0 Å². The molecule has 0 unspecified atom stereocenters. The third kappa shape index (κ3) is 4.05. The van der Waals surface area contributed by atoms with Crippen LogP contribution < -0.4 is 0 Å². The predicted octanol–water partition coefficient (Wildman–Crippen LogP) is 3.94. The molecule has 1 rings (SSSR count). The Labute approximate surface area is 113 Å². The first kappa shape index (κ1) is 16.2. The van der Waals surface area contributed by atoms with Crippen molar-refractivity contribution in [3.8, 4) is 0 Å². The van der Waals surface area contributed by atoms with Crippen molar-refractivity contribution >= 4 is 8.32 Å². The van der Waals surface area contributed by atoms with Crippen LogP contribution in [0, 0.1) is 0 Å². The molecule has 1 aliphatic heterocycles. The van der Waals surface area contributed by atoms with Gasteiger partial charge in [0.15, 0.2) is 14.1 Å². The molecule has 1 heterocycles. The van der Waals surface area contributed by atoms with E-state index in [1.807, 2.05) is 0 Å². The van der Waals surface area contributed by atoms with Gasteiger partial charge in [-0.2, -0.15) is 0 Å². The zero-order valence-corrected chi connectivity index (χ0v) is 13.6. The van der Waals surface area contributed by atoms with Gasteiger partial charge in [0.2, 0.25) is 0 Å². The summed E-state index contributed by atoms with van der Waals surface area (Å²) in [5.74, 6) is -0.464. The van der Waals surface area contributed by atoms with Gasteiger partial charge in [-0.3, -0.25) is 0 Å². The molecular weight excluding hydrogens is 244 g/mol. The van der Waals surface area contributed by atoms with Gasteiger partial charge >= 0.3 is 0 Å². The highest BCUT2D eigenvalue weighted by Crippen LogP contribution is 2.29. The molecule has 0 saturated carbocycles. The summed E-state index contributed by atoms with van der Waals surface area (Å²) in [6.07, 6.45) is 3.09. The lowest BCUT2D eigenvalue weighted by Crippen LogP contribution is -2.48. The molecule has 0 aliphatic carbocycles. The van der Waals surface area contributed by atoms with E-state index in [2.05, 4.69) is 27.7 Å². The molecule has 1 aliphatic rings. The lowest BCUT2D eigenvalue weighted by molar-refractivity contribution is -0.280. The first-order valence-electron chi connectivity index (χ1n) is 7.57. The van der Waals surface area contributed by atoms with Crippen LogP contribution in [-0.2, 0) is 13.9 Å². The monoisotopic (exact) mass is 274 g/mol. The molecule has 0 aromatic heterocycles. The third-order valence-electron chi connectivity index (χ3n) is 4.15. The molecule has 0 N–H and O–H groups in total. The second-order valence-electron chi connectivity index (χ2n) is 5.24. The molecule has 3 nitrogen and oxygen atoms in total. The summed E-state index contributed by atoms with van der Waals surface area (Å²) in [6.45, 7) is 11.1. The Morgan fingerprint density at radius 3 is 2.11 bits per heavy atom. The van der Waals surface area contributed by atoms with E-state index in [9.17, 15) is 0 Å². The van der Waals surface area contributed by atoms with Gasteiger partial charge < -0.3 is 13.9 Å². The van der Waals surface area contributed by atoms with Crippen molar-refractivity contribution < 1.29 is 13.9 Å². The van der Waals surface area contributed by atoms with Crippen molar-refractivity contribution in [1.82, 2.24) is 0 Å². The number of hydrogen-bond donors (Lipinski definition) is 0. The average molecular weight is 274 g/mol. The Hall–Kier alpha value is 0.0969. The molecular formula is C14H30O3Si. The van der Waals surface area contributed by atoms with E-state index in [4.69, 9.17) is 13.9 Å². The highest BCUT2D eigenvalue weighted by atomic mass is 28.4. The van der Waals surface area contributed by atoms with Crippen molar-refractivity contribution in [2.75, 3.05) is 19.8 Å². The summed E-state index contributed by atoms with van der Waals surface area (Å²) in [4.78, 5) is 0. The highest BCUT2D eigenvalue weighted by Gasteiger charge is 2.38. The second-order valence-corrected chi connectivity index (χ2v) is 9.81. The van der Waals surface area contributed by atoms with Crippen LogP contribution in [0.3, 0.4) is 0 Å². The molecule has 0 aromatic rings. The number of rotatable bonds is 8. The maximum Gasteiger partial charge on any atom is 0.192 e. The topological polar surface area (TPSA) is 27.7 Å². The van der Waals surface area contributed by atoms with Crippen molar-refractivity contribution in [2.24, 2.45) is 0 Å². The Kier molecular flexibility index (Phi) is 6.85. The molecule has 0 atom stereocenters. The number of ether oxygens (including phenoxy) is 2. The molecule has 1 saturated heterocycles. The summed E-state index contributed by atoms with van der Waals surface area (Å²) in [5, 5.41) is 0. The Bertz CT molecular complexity index is 209. The fraction of sp³-hybridized carbons (Fsp3) is 1.00. The third-order valence-corrected chi connectivity index (χ3v) is 8.90. The van der Waals surface area contributed by atoms with E-state index in [-0.39, 0.29) is 0 Å². The van der Waals surface area contributed by atoms with Crippen LogP contribution in [0.25, 0.3) is 0 Å². The van der Waals surface area contributed by atoms with Gasteiger partial charge in [-0.25, -0.2) is 0 Å². The summed E-state index contributed by atoms with van der Waals surface area (Å²) in [6, 6.07) is 3.63. The molecule has 1 fully saturated rings. The van der Waals surface area contributed by atoms with Crippen LogP contribution in [-0.4, -0.2) is 33.9 Å². The normalized spacial score (nSPS) is 20.0. The summed E-state index contributed by atoms with van der Waals surface area (Å²) in [5.41, 5.74) is 0. The van der Waals surface area contributed by atoms with Gasteiger partial charge in [0.1, 0.15) is 0 Å². The van der Waals surface area contributed by atoms with Crippen molar-refractivity contribution in [2.45, 2.75) is 70.9 Å². The predicted molar refractivity (Wildman–Crippen MR) is 77.3 cm³/mol. The molecule has 108 valence electrons. The van der Waals surface area contributed by atoms with Gasteiger partial charge in [0, 0.05) is 6.42 Å². The maximum absolute atomic E-state index is 6.39. The lowest BCUT2D eigenvalue weighted by Gasteiger charge is -2.39. The van der Waals surface area contributed by atoms with E-state index in [1.54, 1.807) is 0 Å². The molecule has 18 heavy (non-hydrogen) atoms. The molecule has 0 radical (unpaired) electrons. The van der Waals surface area contributed by atoms with Crippen LogP contribution in [0.15, 0.2) is 0 Å². The molecule has 0 bridgehead atoms. The number of hydrogen-bond acceptors (Lipinski definition) is 3. The lowest BCUT2D eigenvalue weighted by atomic mass is 10.2. The van der Waals surface area contributed by atoms with Crippen LogP contribution in [0.2, 0.25) is 18.1 Å². The largest absolute Gasteiger partial charge is 0.411 e. The standard InChI is InChI=1S/C14H30O3Si/c1-5-12-18(7-3,8-4)17-13-14(6-2)15-10-9-11-16-14/h5-13H2,1-4H3. The van der Waals surface area contributed by atoms with Crippen LogP contribution in [0.1, 0.15) is 47.0 Å². The minimum atomic E-state index is -1.55. The van der Waals surface area contributed by atoms with Crippen molar-refractivity contribution in [3.63, 3.8) is 0 Å². The SMILES string of the molecule is CCC[Si](CC)(CC)OCC1(CC)OCCCO1. The zero-order valence-electron chi connectivity index (χ0n) is 12.6. The van der Waals surface area contributed by atoms with Crippen molar-refractivity contribution in [1.29, 1.82) is 0 Å². The van der Waals surface area contributed by atoms with Gasteiger partial charge in [0.05, 0.1) is 19.8 Å². The van der Waals surface area contributed by atoms with Crippen molar-refractivity contribution in [3.05, 3.63) is 0 Å². The smallest absolute Gasteiger partial charge is 0.192 e. The van der Waals surface area contributed by atoms with Crippen LogP contribution in [0.5, 0.6) is 0 Å². The molecule has 4 heteroatoms. The zero-order chi connectivity index (χ0) is 13.5. The second kappa shape index (κ2) is 7.63. The Morgan fingerprint density at radius 1 is 1.06 bits per heavy atom. The van der Waals surface area contributed by atoms with Gasteiger partial charge in [-0.15, -0.1) is 0 Å². The van der Waals surface area contributed by atoms with Crippen LogP contribution >= 0.6 is 0 Å². The van der Waals surface area contributed by atoms with Crippen LogP contribution in [0.4, 0.5) is 0 Å². The van der Waals surface area contributed by atoms with E-state index in [0.29, 0.717) is 6.61 Å². The summed E-state index contributed by atoms with van der Waals surface area (Å²) in [7, 11) is -1.55. The maximum atomic E-state index is 6.39. The highest BCUT2D eigenvalue weighted by molar-refractivity contribution is 6.73. The Balaban J connectivity index is 2.58. The van der Waals surface area contributed by atoms with E-state index < -0.39 is 14.1 Å². The fourth-order valence-corrected chi connectivity index (χ4v) is 5.80. The van der Waals surface area contributed by atoms with E-state index >= 15 is 0 Å². The molecule has 0 aromatic carbocycles. The minimum Gasteiger partial charge on any atom is -0.411 e. The molecule has 0 spiro atoms. The first-order valence-corrected chi connectivity index (χ1v) is 10.1. The average Bonchev–Trinajstić information content (AvgIpc) is 2.45. The quantitative estimate of drug-likeness (QED) is 0.627. The Morgan fingerprint density at radius 2 is 1.67 bits per heavy atom. The molecule has 0 amide bonds. The van der Waals surface area contributed by atoms with E-state index in [0.717, 1.165) is 26.1 Å². The van der Waals surface area contributed by atoms with E-state index in [1.165, 1.54) is 24.6 Å². The summed E-state index contributed by atoms with van der Waals surface area (Å²) >= 11 is 0. The minimum absolute atomic E-state index is 0.464. The summed E-state index contributed by atoms with van der Waals surface area (Å²) < 4.78 is 18.1.